The quantitative estimate of drug-likeness (QED) is 0.740. The summed E-state index contributed by atoms with van der Waals surface area (Å²) in [6.07, 6.45) is 1.25. The molecule has 0 N–H and O–H groups in total. The Kier molecular flexibility index (Phi) is 2.58. The first-order chi connectivity index (χ1) is 5.43. The van der Waals surface area contributed by atoms with E-state index in [9.17, 15) is 8.42 Å². The molecule has 0 atom stereocenters. The van der Waals surface area contributed by atoms with Crippen LogP contribution < -0.4 is 0 Å². The van der Waals surface area contributed by atoms with E-state index in [1.807, 2.05) is 25.3 Å². The van der Waals surface area contributed by atoms with Gasteiger partial charge in [-0.1, -0.05) is 13.8 Å². The molecule has 0 amide bonds. The molecule has 0 aromatic carbocycles. The van der Waals surface area contributed by atoms with Gasteiger partial charge in [0.25, 0.3) is 0 Å². The lowest BCUT2D eigenvalue weighted by Gasteiger charge is -2.04. The van der Waals surface area contributed by atoms with E-state index in [1.54, 1.807) is 0 Å². The van der Waals surface area contributed by atoms with Crippen molar-refractivity contribution in [3.8, 4) is 0 Å². The maximum absolute atomic E-state index is 11.2. The van der Waals surface area contributed by atoms with Gasteiger partial charge in [-0.05, 0) is 22.9 Å². The molecule has 1 aromatic rings. The van der Waals surface area contributed by atoms with Crippen LogP contribution in [0.5, 0.6) is 0 Å². The highest BCUT2D eigenvalue weighted by Gasteiger charge is 2.16. The summed E-state index contributed by atoms with van der Waals surface area (Å²) in [6.45, 7) is 3.99. The summed E-state index contributed by atoms with van der Waals surface area (Å²) in [7, 11) is -3.02. The van der Waals surface area contributed by atoms with Gasteiger partial charge in [0.1, 0.15) is 4.21 Å². The molecule has 0 saturated heterocycles. The average Bonchev–Trinajstić information content (AvgIpc) is 2.30. The van der Waals surface area contributed by atoms with Gasteiger partial charge in [-0.15, -0.1) is 11.3 Å². The first-order valence-corrected chi connectivity index (χ1v) is 6.47. The van der Waals surface area contributed by atoms with E-state index in [4.69, 9.17) is 0 Å². The first-order valence-electron chi connectivity index (χ1n) is 3.70. The van der Waals surface area contributed by atoms with Gasteiger partial charge in [-0.25, -0.2) is 8.42 Å². The second-order valence-electron chi connectivity index (χ2n) is 3.09. The summed E-state index contributed by atoms with van der Waals surface area (Å²) in [4.78, 5) is 0. The second kappa shape index (κ2) is 3.18. The van der Waals surface area contributed by atoms with Gasteiger partial charge >= 0.3 is 0 Å². The molecule has 0 aliphatic rings. The van der Waals surface area contributed by atoms with Gasteiger partial charge in [0, 0.05) is 6.26 Å². The fourth-order valence-electron chi connectivity index (χ4n) is 1.03. The molecular weight excluding hydrogens is 192 g/mol. The zero-order valence-electron chi connectivity index (χ0n) is 7.37. The van der Waals surface area contributed by atoms with Gasteiger partial charge in [0.05, 0.1) is 0 Å². The number of rotatable bonds is 2. The van der Waals surface area contributed by atoms with E-state index in [1.165, 1.54) is 17.6 Å². The smallest absolute Gasteiger partial charge is 0.185 e. The Bertz CT molecular complexity index is 360. The van der Waals surface area contributed by atoms with Crippen molar-refractivity contribution in [1.29, 1.82) is 0 Å². The summed E-state index contributed by atoms with van der Waals surface area (Å²) in [6, 6.07) is 1.88. The Morgan fingerprint density at radius 2 is 2.00 bits per heavy atom. The topological polar surface area (TPSA) is 34.1 Å². The number of thiophene rings is 1. The fourth-order valence-corrected chi connectivity index (χ4v) is 3.41. The van der Waals surface area contributed by atoms with Crippen molar-refractivity contribution in [3.63, 3.8) is 0 Å². The Labute approximate surface area is 77.2 Å². The van der Waals surface area contributed by atoms with Crippen LogP contribution in [0.25, 0.3) is 0 Å². The third kappa shape index (κ3) is 1.87. The SMILES string of the molecule is CC(C)c1ccsc1S(C)(=O)=O. The molecule has 1 heterocycles. The highest BCUT2D eigenvalue weighted by molar-refractivity contribution is 7.92. The molecule has 0 spiro atoms. The maximum atomic E-state index is 11.2. The van der Waals surface area contributed by atoms with Crippen LogP contribution in [0.4, 0.5) is 0 Å². The van der Waals surface area contributed by atoms with E-state index in [-0.39, 0.29) is 5.92 Å². The number of sulfone groups is 1. The lowest BCUT2D eigenvalue weighted by molar-refractivity contribution is 0.602. The average molecular weight is 204 g/mol. The largest absolute Gasteiger partial charge is 0.223 e. The summed E-state index contributed by atoms with van der Waals surface area (Å²) in [5, 5.41) is 1.83. The van der Waals surface area contributed by atoms with E-state index in [0.29, 0.717) is 4.21 Å². The van der Waals surface area contributed by atoms with Crippen LogP contribution >= 0.6 is 11.3 Å². The fraction of sp³-hybridized carbons (Fsp3) is 0.500. The summed E-state index contributed by atoms with van der Waals surface area (Å²) in [5.74, 6) is 0.279. The molecule has 0 unspecified atom stereocenters. The minimum absolute atomic E-state index is 0.279. The lowest BCUT2D eigenvalue weighted by atomic mass is 10.1. The maximum Gasteiger partial charge on any atom is 0.185 e. The molecule has 0 aliphatic carbocycles. The molecule has 0 radical (unpaired) electrons. The molecule has 68 valence electrons. The first kappa shape index (κ1) is 9.74. The molecule has 1 rings (SSSR count). The van der Waals surface area contributed by atoms with Crippen LogP contribution in [0.1, 0.15) is 25.3 Å². The van der Waals surface area contributed by atoms with Gasteiger partial charge in [0.15, 0.2) is 9.84 Å². The molecule has 0 fully saturated rings. The van der Waals surface area contributed by atoms with Gasteiger partial charge in [0.2, 0.25) is 0 Å². The zero-order chi connectivity index (χ0) is 9.35. The predicted octanol–water partition coefficient (Wildman–Crippen LogP) is 2.28. The third-order valence-corrected chi connectivity index (χ3v) is 4.45. The normalized spacial score (nSPS) is 12.3. The van der Waals surface area contributed by atoms with Crippen LogP contribution in [-0.2, 0) is 9.84 Å². The van der Waals surface area contributed by atoms with E-state index < -0.39 is 9.84 Å². The summed E-state index contributed by atoms with van der Waals surface area (Å²) < 4.78 is 23.0. The van der Waals surface area contributed by atoms with Crippen molar-refractivity contribution >= 4 is 21.2 Å². The van der Waals surface area contributed by atoms with Gasteiger partial charge < -0.3 is 0 Å². The standard InChI is InChI=1S/C8H12O2S2/c1-6(2)7-4-5-11-8(7)12(3,9)10/h4-6H,1-3H3. The molecule has 0 saturated carbocycles. The Morgan fingerprint density at radius 3 is 2.33 bits per heavy atom. The number of hydrogen-bond donors (Lipinski definition) is 0. The van der Waals surface area contributed by atoms with Crippen molar-refractivity contribution in [2.45, 2.75) is 24.0 Å². The zero-order valence-corrected chi connectivity index (χ0v) is 9.00. The summed E-state index contributed by atoms with van der Waals surface area (Å²) in [5.41, 5.74) is 0.933. The number of hydrogen-bond acceptors (Lipinski definition) is 3. The molecule has 0 bridgehead atoms. The van der Waals surface area contributed by atoms with E-state index >= 15 is 0 Å². The van der Waals surface area contributed by atoms with Gasteiger partial charge in [-0.3, -0.25) is 0 Å². The molecule has 0 aliphatic heterocycles. The molecule has 2 nitrogen and oxygen atoms in total. The third-order valence-electron chi connectivity index (χ3n) is 1.62. The van der Waals surface area contributed by atoms with Crippen molar-refractivity contribution in [3.05, 3.63) is 17.0 Å². The second-order valence-corrected chi connectivity index (χ2v) is 6.22. The van der Waals surface area contributed by atoms with Crippen molar-refractivity contribution in [1.82, 2.24) is 0 Å². The van der Waals surface area contributed by atoms with Crippen molar-refractivity contribution < 1.29 is 8.42 Å². The van der Waals surface area contributed by atoms with Crippen LogP contribution in [0, 0.1) is 0 Å². The predicted molar refractivity (Wildman–Crippen MR) is 51.5 cm³/mol. The van der Waals surface area contributed by atoms with Crippen LogP contribution in [0.3, 0.4) is 0 Å². The minimum Gasteiger partial charge on any atom is -0.223 e. The lowest BCUT2D eigenvalue weighted by Crippen LogP contribution is -1.99. The van der Waals surface area contributed by atoms with Crippen LogP contribution in [-0.4, -0.2) is 14.7 Å². The Morgan fingerprint density at radius 1 is 1.42 bits per heavy atom. The van der Waals surface area contributed by atoms with E-state index in [0.717, 1.165) is 5.56 Å². The van der Waals surface area contributed by atoms with Gasteiger partial charge in [-0.2, -0.15) is 0 Å². The highest BCUT2D eigenvalue weighted by Crippen LogP contribution is 2.28. The minimum atomic E-state index is -3.02. The van der Waals surface area contributed by atoms with Crippen LogP contribution in [0.2, 0.25) is 0 Å². The molecule has 12 heavy (non-hydrogen) atoms. The highest BCUT2D eigenvalue weighted by atomic mass is 32.2. The Hall–Kier alpha value is -0.350. The molecular formula is C8H12O2S2. The monoisotopic (exact) mass is 204 g/mol. The molecule has 4 heteroatoms. The Balaban J connectivity index is 3.26. The van der Waals surface area contributed by atoms with Crippen molar-refractivity contribution in [2.24, 2.45) is 0 Å². The van der Waals surface area contributed by atoms with Crippen LogP contribution in [0.15, 0.2) is 15.7 Å². The van der Waals surface area contributed by atoms with Crippen molar-refractivity contribution in [2.75, 3.05) is 6.26 Å². The van der Waals surface area contributed by atoms with E-state index in [2.05, 4.69) is 0 Å². The summed E-state index contributed by atoms with van der Waals surface area (Å²) >= 11 is 1.30. The molecule has 1 aromatic heterocycles.